The van der Waals surface area contributed by atoms with Gasteiger partial charge in [-0.05, 0) is 55.3 Å². The van der Waals surface area contributed by atoms with Gasteiger partial charge in [-0.2, -0.15) is 0 Å². The Hall–Kier alpha value is -4.18. The summed E-state index contributed by atoms with van der Waals surface area (Å²) in [6.45, 7) is 8.31. The number of hydroxylamine groups is 2. The van der Waals surface area contributed by atoms with Gasteiger partial charge in [0.1, 0.15) is 11.5 Å². The van der Waals surface area contributed by atoms with E-state index in [0.29, 0.717) is 13.1 Å². The Balaban J connectivity index is 0.000000231. The number of carbonyl (C=O) groups is 4. The second-order valence-electron chi connectivity index (χ2n) is 10.4. The van der Waals surface area contributed by atoms with Gasteiger partial charge >= 0.3 is 0 Å². The van der Waals surface area contributed by atoms with Crippen LogP contribution >= 0.6 is 0 Å². The van der Waals surface area contributed by atoms with Crippen LogP contribution in [-0.4, -0.2) is 79.8 Å². The molecule has 2 aliphatic heterocycles. The highest BCUT2D eigenvalue weighted by Gasteiger charge is 2.38. The van der Waals surface area contributed by atoms with Gasteiger partial charge in [0, 0.05) is 38.9 Å². The molecule has 226 valence electrons. The van der Waals surface area contributed by atoms with E-state index in [4.69, 9.17) is 14.3 Å². The summed E-state index contributed by atoms with van der Waals surface area (Å²) in [6.07, 6.45) is 1.82. The quantitative estimate of drug-likeness (QED) is 0.310. The van der Waals surface area contributed by atoms with Gasteiger partial charge in [-0.3, -0.25) is 24.0 Å². The summed E-state index contributed by atoms with van der Waals surface area (Å²) in [6, 6.07) is 15.1. The highest BCUT2D eigenvalue weighted by Crippen LogP contribution is 2.31. The number of benzene rings is 2. The molecular weight excluding hydrogens is 538 g/mol. The molecule has 42 heavy (non-hydrogen) atoms. The first-order valence-corrected chi connectivity index (χ1v) is 13.9. The first kappa shape index (κ1) is 32.3. The molecule has 2 fully saturated rings. The van der Waals surface area contributed by atoms with Crippen LogP contribution in [-0.2, 0) is 24.0 Å². The number of rotatable bonds is 10. The van der Waals surface area contributed by atoms with Crippen LogP contribution in [0.5, 0.6) is 11.5 Å². The van der Waals surface area contributed by atoms with Crippen LogP contribution in [0.4, 0.5) is 0 Å². The van der Waals surface area contributed by atoms with Gasteiger partial charge < -0.3 is 19.3 Å². The molecule has 2 aromatic rings. The molecule has 4 atom stereocenters. The second kappa shape index (κ2) is 14.6. The topological polar surface area (TPSA) is 106 Å². The lowest BCUT2D eigenvalue weighted by atomic mass is 10.0. The highest BCUT2D eigenvalue weighted by atomic mass is 16.7. The van der Waals surface area contributed by atoms with Gasteiger partial charge in [0.25, 0.3) is 5.91 Å². The van der Waals surface area contributed by atoms with Crippen molar-refractivity contribution in [2.24, 2.45) is 11.8 Å². The van der Waals surface area contributed by atoms with Crippen molar-refractivity contribution in [2.45, 2.75) is 38.8 Å². The molecule has 2 saturated heterocycles. The molecule has 0 aliphatic carbocycles. The van der Waals surface area contributed by atoms with Crippen LogP contribution in [0.3, 0.4) is 0 Å². The number of methoxy groups -OCH3 is 2. The number of nitrogens with zero attached hydrogens (tertiary/aromatic N) is 3. The van der Waals surface area contributed by atoms with E-state index in [2.05, 4.69) is 6.58 Å². The highest BCUT2D eigenvalue weighted by molar-refractivity contribution is 5.96. The Labute approximate surface area is 247 Å². The SMILES string of the molecule is C=CC(=O)[C@@H]1CC(=O)N([C@H](C)c2ccc(OC)cc2)C1.COc1ccc([C@@H](C)N2C[C@H](C(=O)N(C)OC)CC2=O)cc1. The molecule has 0 saturated carbocycles. The maximum Gasteiger partial charge on any atom is 0.251 e. The predicted octanol–water partition coefficient (Wildman–Crippen LogP) is 3.98. The minimum absolute atomic E-state index is 0.00817. The largest absolute Gasteiger partial charge is 0.497 e. The number of ether oxygens (including phenoxy) is 2. The third-order valence-corrected chi connectivity index (χ3v) is 7.99. The number of hydrogen-bond acceptors (Lipinski definition) is 7. The van der Waals surface area contributed by atoms with Crippen molar-refractivity contribution >= 4 is 23.5 Å². The van der Waals surface area contributed by atoms with Gasteiger partial charge in [0.15, 0.2) is 5.78 Å². The molecule has 0 aromatic heterocycles. The van der Waals surface area contributed by atoms with Crippen LogP contribution < -0.4 is 9.47 Å². The molecule has 2 aromatic carbocycles. The summed E-state index contributed by atoms with van der Waals surface area (Å²) in [5.41, 5.74) is 2.05. The molecule has 0 N–H and O–H groups in total. The average molecular weight is 580 g/mol. The summed E-state index contributed by atoms with van der Waals surface area (Å²) in [4.78, 5) is 56.4. The van der Waals surface area contributed by atoms with E-state index in [-0.39, 0.29) is 60.3 Å². The summed E-state index contributed by atoms with van der Waals surface area (Å²) < 4.78 is 10.3. The summed E-state index contributed by atoms with van der Waals surface area (Å²) in [5.74, 6) is 0.758. The van der Waals surface area contributed by atoms with Crippen molar-refractivity contribution in [2.75, 3.05) is 41.5 Å². The van der Waals surface area contributed by atoms with E-state index in [0.717, 1.165) is 22.6 Å². The molecule has 2 aliphatic rings. The first-order chi connectivity index (χ1) is 20.0. The molecular formula is C32H41N3O7. The van der Waals surface area contributed by atoms with E-state index < -0.39 is 0 Å². The number of ketones is 1. The molecule has 10 heteroatoms. The van der Waals surface area contributed by atoms with E-state index in [1.54, 1.807) is 31.1 Å². The molecule has 0 bridgehead atoms. The lowest BCUT2D eigenvalue weighted by molar-refractivity contribution is -0.173. The Morgan fingerprint density at radius 2 is 1.21 bits per heavy atom. The monoisotopic (exact) mass is 579 g/mol. The Morgan fingerprint density at radius 3 is 1.60 bits per heavy atom. The maximum atomic E-state index is 12.2. The third-order valence-electron chi connectivity index (χ3n) is 7.99. The Morgan fingerprint density at radius 1 is 0.810 bits per heavy atom. The second-order valence-corrected chi connectivity index (χ2v) is 10.4. The van der Waals surface area contributed by atoms with Crippen LogP contribution in [0.25, 0.3) is 0 Å². The van der Waals surface area contributed by atoms with Crippen molar-refractivity contribution in [3.63, 3.8) is 0 Å². The van der Waals surface area contributed by atoms with Crippen molar-refractivity contribution < 1.29 is 33.5 Å². The fourth-order valence-electron chi connectivity index (χ4n) is 5.21. The Kier molecular flexibility index (Phi) is 11.3. The van der Waals surface area contributed by atoms with Gasteiger partial charge in [0.2, 0.25) is 11.8 Å². The van der Waals surface area contributed by atoms with Crippen LogP contribution in [0, 0.1) is 11.8 Å². The molecule has 4 rings (SSSR count). The molecule has 2 heterocycles. The zero-order chi connectivity index (χ0) is 31.0. The van der Waals surface area contributed by atoms with Crippen molar-refractivity contribution in [3.05, 3.63) is 72.3 Å². The summed E-state index contributed by atoms with van der Waals surface area (Å²) in [5, 5.41) is 1.18. The normalized spacial score (nSPS) is 19.5. The zero-order valence-electron chi connectivity index (χ0n) is 25.2. The molecule has 0 spiro atoms. The van der Waals surface area contributed by atoms with Crippen molar-refractivity contribution in [1.29, 1.82) is 0 Å². The summed E-state index contributed by atoms with van der Waals surface area (Å²) >= 11 is 0. The van der Waals surface area contributed by atoms with E-state index >= 15 is 0 Å². The number of hydrogen-bond donors (Lipinski definition) is 0. The van der Waals surface area contributed by atoms with Crippen molar-refractivity contribution in [3.8, 4) is 11.5 Å². The van der Waals surface area contributed by atoms with Gasteiger partial charge in [-0.1, -0.05) is 30.8 Å². The minimum Gasteiger partial charge on any atom is -0.497 e. The maximum absolute atomic E-state index is 12.2. The predicted molar refractivity (Wildman–Crippen MR) is 157 cm³/mol. The first-order valence-electron chi connectivity index (χ1n) is 13.9. The lowest BCUT2D eigenvalue weighted by Gasteiger charge is -2.25. The van der Waals surface area contributed by atoms with E-state index in [1.165, 1.54) is 18.2 Å². The minimum atomic E-state index is -0.349. The number of carbonyl (C=O) groups excluding carboxylic acids is 4. The van der Waals surface area contributed by atoms with Gasteiger partial charge in [0.05, 0.1) is 39.3 Å². The van der Waals surface area contributed by atoms with Crippen LogP contribution in [0.15, 0.2) is 61.2 Å². The van der Waals surface area contributed by atoms with Gasteiger partial charge in [-0.15, -0.1) is 0 Å². The number of likely N-dealkylation sites (tertiary alicyclic amines) is 2. The van der Waals surface area contributed by atoms with Crippen LogP contribution in [0.2, 0.25) is 0 Å². The zero-order valence-corrected chi connectivity index (χ0v) is 25.2. The van der Waals surface area contributed by atoms with Gasteiger partial charge in [-0.25, -0.2) is 5.06 Å². The molecule has 0 radical (unpaired) electrons. The van der Waals surface area contributed by atoms with E-state index in [9.17, 15) is 19.2 Å². The number of amides is 3. The molecule has 3 amide bonds. The average Bonchev–Trinajstić information content (AvgIpc) is 3.61. The standard InChI is InChI=1S/C16H22N2O4.C16H19NO3/c1-11(12-5-7-14(21-3)8-6-12)18-10-13(9-15(18)19)16(20)17(2)22-4;1-4-15(18)13-9-16(19)17(10-13)11(2)12-5-7-14(20-3)8-6-12/h5-8,11,13H,9-10H2,1-4H3;4-8,11,13H,1,9-10H2,2-3H3/t2*11-,13-/m11/s1. The third kappa shape index (κ3) is 7.55. The Bertz CT molecular complexity index is 1260. The fraction of sp³-hybridized carbons (Fsp3) is 0.438. The smallest absolute Gasteiger partial charge is 0.251 e. The van der Waals surface area contributed by atoms with E-state index in [1.807, 2.05) is 62.4 Å². The molecule has 10 nitrogen and oxygen atoms in total. The lowest BCUT2D eigenvalue weighted by Crippen LogP contribution is -2.34. The fourth-order valence-corrected chi connectivity index (χ4v) is 5.21. The summed E-state index contributed by atoms with van der Waals surface area (Å²) in [7, 11) is 6.23. The van der Waals surface area contributed by atoms with Crippen LogP contribution in [0.1, 0.15) is 49.9 Å². The van der Waals surface area contributed by atoms with Crippen molar-refractivity contribution in [1.82, 2.24) is 14.9 Å². The molecule has 0 unspecified atom stereocenters. The number of allylic oxidation sites excluding steroid dienone is 1.